The van der Waals surface area contributed by atoms with Gasteiger partial charge in [0, 0.05) is 17.4 Å². The Morgan fingerprint density at radius 3 is 3.25 bits per heavy atom. The second kappa shape index (κ2) is 3.23. The summed E-state index contributed by atoms with van der Waals surface area (Å²) in [5, 5.41) is 4.02. The van der Waals surface area contributed by atoms with Gasteiger partial charge in [0.2, 0.25) is 6.29 Å². The van der Waals surface area contributed by atoms with Crippen LogP contribution in [0, 0.1) is 0 Å². The van der Waals surface area contributed by atoms with Crippen molar-refractivity contribution in [1.82, 2.24) is 16.2 Å². The van der Waals surface area contributed by atoms with Crippen LogP contribution in [0.2, 0.25) is 0 Å². The van der Waals surface area contributed by atoms with E-state index in [0.29, 0.717) is 11.3 Å². The predicted molar refractivity (Wildman–Crippen MR) is 63.2 cm³/mol. The van der Waals surface area contributed by atoms with Crippen LogP contribution in [0.1, 0.15) is 11.5 Å². The summed E-state index contributed by atoms with van der Waals surface area (Å²) in [7, 11) is 0. The average molecular weight is 233 g/mol. The van der Waals surface area contributed by atoms with Crippen molar-refractivity contribution < 1.29 is 4.58 Å². The van der Waals surface area contributed by atoms with E-state index in [0.717, 1.165) is 6.54 Å². The molecule has 0 aliphatic carbocycles. The number of hydrazine groups is 1. The molecule has 0 bridgehead atoms. The van der Waals surface area contributed by atoms with Crippen molar-refractivity contribution in [3.63, 3.8) is 0 Å². The molecule has 3 unspecified atom stereocenters. The van der Waals surface area contributed by atoms with E-state index in [1.165, 1.54) is 10.5 Å². The number of thioether (sulfide) groups is 1. The summed E-state index contributed by atoms with van der Waals surface area (Å²) in [6.07, 6.45) is 2.27. The summed E-state index contributed by atoms with van der Waals surface area (Å²) in [6, 6.07) is 8.74. The Morgan fingerprint density at radius 2 is 2.25 bits per heavy atom. The number of rotatable bonds is 0. The maximum absolute atomic E-state index is 3.50. The van der Waals surface area contributed by atoms with Gasteiger partial charge in [-0.1, -0.05) is 30.0 Å². The lowest BCUT2D eigenvalue weighted by atomic mass is 9.97. The van der Waals surface area contributed by atoms with Crippen molar-refractivity contribution in [3.05, 3.63) is 29.8 Å². The molecule has 0 spiro atoms. The van der Waals surface area contributed by atoms with E-state index in [4.69, 9.17) is 0 Å². The maximum Gasteiger partial charge on any atom is 0.253 e. The second-order valence-corrected chi connectivity index (χ2v) is 5.49. The smallest absolute Gasteiger partial charge is 0.253 e. The van der Waals surface area contributed by atoms with E-state index >= 15 is 0 Å². The minimum absolute atomic E-state index is 0.239. The Kier molecular flexibility index (Phi) is 1.82. The zero-order valence-electron chi connectivity index (χ0n) is 8.68. The van der Waals surface area contributed by atoms with Gasteiger partial charge in [-0.15, -0.1) is 5.43 Å². The summed E-state index contributed by atoms with van der Waals surface area (Å²) < 4.78 is 2.33. The normalized spacial score (nSPS) is 34.8. The van der Waals surface area contributed by atoms with Crippen LogP contribution in [0.25, 0.3) is 0 Å². The lowest BCUT2D eigenvalue weighted by Crippen LogP contribution is -2.56. The van der Waals surface area contributed by atoms with Crippen LogP contribution in [-0.4, -0.2) is 29.1 Å². The molecule has 1 fully saturated rings. The number of benzene rings is 1. The Balaban J connectivity index is 1.78. The zero-order chi connectivity index (χ0) is 10.5. The molecule has 82 valence electrons. The fraction of sp³-hybridized carbons (Fsp3) is 0.364. The molecule has 4 rings (SSSR count). The van der Waals surface area contributed by atoms with Crippen LogP contribution in [0.3, 0.4) is 0 Å². The van der Waals surface area contributed by atoms with Gasteiger partial charge in [-0.3, -0.25) is 5.32 Å². The minimum Gasteiger partial charge on any atom is -0.262 e. The molecule has 0 aromatic heterocycles. The lowest BCUT2D eigenvalue weighted by Gasteiger charge is -2.29. The van der Waals surface area contributed by atoms with Crippen LogP contribution in [0.15, 0.2) is 29.2 Å². The summed E-state index contributed by atoms with van der Waals surface area (Å²) >= 11 is 1.97. The Hall–Kier alpha value is -1.04. The van der Waals surface area contributed by atoms with Crippen molar-refractivity contribution in [3.8, 4) is 0 Å². The van der Waals surface area contributed by atoms with Gasteiger partial charge >= 0.3 is 0 Å². The zero-order valence-corrected chi connectivity index (χ0v) is 9.50. The Bertz CT molecular complexity index is 473. The summed E-state index contributed by atoms with van der Waals surface area (Å²) in [6.45, 7) is 1.04. The molecule has 16 heavy (non-hydrogen) atoms. The number of nitrogens with one attached hydrogen (secondary N) is 3. The van der Waals surface area contributed by atoms with E-state index < -0.39 is 0 Å². The number of hydrogen-bond acceptors (Lipinski definition) is 4. The topological polar surface area (TPSA) is 39.1 Å². The van der Waals surface area contributed by atoms with Crippen LogP contribution < -0.4 is 16.2 Å². The highest BCUT2D eigenvalue weighted by Crippen LogP contribution is 2.46. The van der Waals surface area contributed by atoms with Crippen molar-refractivity contribution in [1.29, 1.82) is 0 Å². The molecule has 0 radical (unpaired) electrons. The molecule has 3 aliphatic heterocycles. The van der Waals surface area contributed by atoms with Gasteiger partial charge in [-0.2, -0.15) is 5.43 Å². The average Bonchev–Trinajstić information content (AvgIpc) is 2.92. The minimum atomic E-state index is 0.239. The largest absolute Gasteiger partial charge is 0.262 e. The molecule has 0 saturated carbocycles. The number of fused-ring (bicyclic) bond motifs is 5. The number of nitrogens with zero attached hydrogens (tertiary/aromatic N) is 1. The fourth-order valence-electron chi connectivity index (χ4n) is 2.69. The highest BCUT2D eigenvalue weighted by atomic mass is 32.2. The van der Waals surface area contributed by atoms with Crippen molar-refractivity contribution in [2.24, 2.45) is 0 Å². The van der Waals surface area contributed by atoms with E-state index in [1.54, 1.807) is 0 Å². The van der Waals surface area contributed by atoms with Crippen molar-refractivity contribution in [2.75, 3.05) is 6.54 Å². The Labute approximate surface area is 98.1 Å². The predicted octanol–water partition coefficient (Wildman–Crippen LogP) is 0.237. The van der Waals surface area contributed by atoms with E-state index in [2.05, 4.69) is 45.0 Å². The van der Waals surface area contributed by atoms with Crippen LogP contribution in [0.4, 0.5) is 0 Å². The summed E-state index contributed by atoms with van der Waals surface area (Å²) in [5.41, 5.74) is 7.76. The van der Waals surface area contributed by atoms with Crippen LogP contribution in [-0.2, 0) is 0 Å². The monoisotopic (exact) mass is 233 g/mol. The third-order valence-electron chi connectivity index (χ3n) is 3.47. The molecule has 0 amide bonds. The van der Waals surface area contributed by atoms with Crippen LogP contribution >= 0.6 is 11.8 Å². The van der Waals surface area contributed by atoms with Gasteiger partial charge in [0.25, 0.3) is 6.34 Å². The van der Waals surface area contributed by atoms with Gasteiger partial charge in [0.15, 0.2) is 5.37 Å². The van der Waals surface area contributed by atoms with E-state index in [9.17, 15) is 0 Å². The highest BCUT2D eigenvalue weighted by molar-refractivity contribution is 8.00. The summed E-state index contributed by atoms with van der Waals surface area (Å²) in [4.78, 5) is 1.43. The molecule has 3 atom stereocenters. The van der Waals surface area contributed by atoms with Crippen molar-refractivity contribution >= 4 is 18.1 Å². The number of hydrogen-bond donors (Lipinski definition) is 3. The fourth-order valence-corrected chi connectivity index (χ4v) is 4.18. The molecule has 1 aromatic carbocycles. The molecule has 1 aromatic rings. The first kappa shape index (κ1) is 9.04. The van der Waals surface area contributed by atoms with Gasteiger partial charge in [0.05, 0.1) is 0 Å². The maximum atomic E-state index is 3.50. The molecular weight excluding hydrogens is 220 g/mol. The third-order valence-corrected chi connectivity index (χ3v) is 4.91. The molecule has 3 heterocycles. The third kappa shape index (κ3) is 1.10. The van der Waals surface area contributed by atoms with Gasteiger partial charge in [-0.25, -0.2) is 4.58 Å². The second-order valence-electron chi connectivity index (χ2n) is 4.33. The molecule has 1 saturated heterocycles. The highest BCUT2D eigenvalue weighted by Gasteiger charge is 2.45. The van der Waals surface area contributed by atoms with E-state index in [1.807, 2.05) is 18.1 Å². The quantitative estimate of drug-likeness (QED) is 0.561. The first-order valence-corrected chi connectivity index (χ1v) is 6.42. The first-order valence-electron chi connectivity index (χ1n) is 5.54. The molecule has 3 aliphatic rings. The van der Waals surface area contributed by atoms with Gasteiger partial charge in [0.1, 0.15) is 0 Å². The molecule has 3 N–H and O–H groups in total. The van der Waals surface area contributed by atoms with Gasteiger partial charge in [-0.05, 0) is 11.6 Å². The van der Waals surface area contributed by atoms with Gasteiger partial charge < -0.3 is 0 Å². The molecule has 5 heteroatoms. The summed E-state index contributed by atoms with van der Waals surface area (Å²) in [5.74, 6) is 0.593. The molecular formula is C11H13N4S+. The first-order chi connectivity index (χ1) is 7.93. The van der Waals surface area contributed by atoms with Crippen LogP contribution in [0.5, 0.6) is 0 Å². The lowest BCUT2D eigenvalue weighted by molar-refractivity contribution is -0.590. The molecule has 4 nitrogen and oxygen atoms in total. The van der Waals surface area contributed by atoms with E-state index in [-0.39, 0.29) is 6.29 Å². The standard InChI is InChI=1S/C11H12N4S/c1-2-4-9-7(3-1)8-5-12-11-14-13-6-15(11)10(8)16-9/h1-4,6,8,10-12,14H,5H2/p+1. The Morgan fingerprint density at radius 1 is 1.31 bits per heavy atom. The SMILES string of the molecule is C1=[N+]2C(NCC3c4ccccc4SC32)NN1. The van der Waals surface area contributed by atoms with Crippen molar-refractivity contribution in [2.45, 2.75) is 22.5 Å².